The van der Waals surface area contributed by atoms with Gasteiger partial charge in [0, 0.05) is 18.8 Å². The van der Waals surface area contributed by atoms with Crippen molar-refractivity contribution < 1.29 is 0 Å². The zero-order valence-electron chi connectivity index (χ0n) is 10.3. The molecule has 1 saturated heterocycles. The number of aromatic nitrogens is 1. The lowest BCUT2D eigenvalue weighted by Crippen LogP contribution is -2.36. The molecule has 0 radical (unpaired) electrons. The van der Waals surface area contributed by atoms with Gasteiger partial charge in [-0.2, -0.15) is 0 Å². The van der Waals surface area contributed by atoms with E-state index in [4.69, 9.17) is 11.1 Å². The third kappa shape index (κ3) is 3.03. The number of hydrogen-bond donors (Lipinski definition) is 2. The molecule has 0 spiro atoms. The molecule has 0 amide bonds. The van der Waals surface area contributed by atoms with Gasteiger partial charge in [0.1, 0.15) is 11.5 Å². The highest BCUT2D eigenvalue weighted by molar-refractivity contribution is 5.93. The maximum atomic E-state index is 7.39. The van der Waals surface area contributed by atoms with Gasteiger partial charge < -0.3 is 5.73 Å². The summed E-state index contributed by atoms with van der Waals surface area (Å²) in [5.74, 6) is 0.0403. The Morgan fingerprint density at radius 1 is 1.59 bits per heavy atom. The van der Waals surface area contributed by atoms with E-state index < -0.39 is 0 Å². The first-order valence-electron chi connectivity index (χ1n) is 6.20. The molecule has 4 nitrogen and oxygen atoms in total. The number of hydrogen-bond acceptors (Lipinski definition) is 3. The lowest BCUT2D eigenvalue weighted by atomic mass is 10.0. The minimum absolute atomic E-state index is 0.0403. The van der Waals surface area contributed by atoms with Crippen LogP contribution < -0.4 is 5.73 Å². The fraction of sp³-hybridized carbons (Fsp3) is 0.538. The molecule has 17 heavy (non-hydrogen) atoms. The van der Waals surface area contributed by atoms with Gasteiger partial charge in [0.25, 0.3) is 0 Å². The van der Waals surface area contributed by atoms with E-state index in [9.17, 15) is 0 Å². The molecule has 1 aliphatic heterocycles. The van der Waals surface area contributed by atoms with Gasteiger partial charge in [-0.05, 0) is 44.0 Å². The van der Waals surface area contributed by atoms with Crippen LogP contribution in [-0.2, 0) is 6.54 Å². The van der Waals surface area contributed by atoms with E-state index in [1.807, 2.05) is 12.1 Å². The second kappa shape index (κ2) is 5.27. The average molecular weight is 232 g/mol. The van der Waals surface area contributed by atoms with Crippen molar-refractivity contribution in [2.75, 3.05) is 6.54 Å². The Labute approximate surface area is 102 Å². The zero-order chi connectivity index (χ0) is 12.3. The van der Waals surface area contributed by atoms with Gasteiger partial charge in [-0.1, -0.05) is 6.42 Å². The van der Waals surface area contributed by atoms with Gasteiger partial charge in [-0.3, -0.25) is 15.3 Å². The highest BCUT2D eigenvalue weighted by Crippen LogP contribution is 2.19. The molecule has 1 unspecified atom stereocenters. The van der Waals surface area contributed by atoms with Crippen LogP contribution in [0.2, 0.25) is 0 Å². The van der Waals surface area contributed by atoms with Gasteiger partial charge in [0.2, 0.25) is 0 Å². The van der Waals surface area contributed by atoms with Crippen molar-refractivity contribution in [1.82, 2.24) is 9.88 Å². The van der Waals surface area contributed by atoms with Crippen molar-refractivity contribution in [3.8, 4) is 0 Å². The quantitative estimate of drug-likeness (QED) is 0.616. The van der Waals surface area contributed by atoms with Gasteiger partial charge >= 0.3 is 0 Å². The van der Waals surface area contributed by atoms with Gasteiger partial charge in [-0.15, -0.1) is 0 Å². The molecular weight excluding hydrogens is 212 g/mol. The Bertz CT molecular complexity index is 402. The minimum atomic E-state index is 0.0403. The molecule has 0 bridgehead atoms. The van der Waals surface area contributed by atoms with Crippen molar-refractivity contribution in [3.05, 3.63) is 29.6 Å². The number of nitrogens with two attached hydrogens (primary N) is 1. The molecule has 0 aliphatic carbocycles. The molecule has 1 aromatic heterocycles. The number of nitrogen functional groups attached to an aromatic ring is 1. The summed E-state index contributed by atoms with van der Waals surface area (Å²) in [6, 6.07) is 4.58. The molecule has 2 rings (SSSR count). The molecule has 1 aromatic rings. The normalized spacial score (nSPS) is 21.4. The maximum Gasteiger partial charge on any atom is 0.141 e. The highest BCUT2D eigenvalue weighted by Gasteiger charge is 2.18. The zero-order valence-corrected chi connectivity index (χ0v) is 10.3. The number of nitrogens with zero attached hydrogens (tertiary/aromatic N) is 2. The van der Waals surface area contributed by atoms with E-state index in [2.05, 4.69) is 16.8 Å². The fourth-order valence-electron chi connectivity index (χ4n) is 2.35. The van der Waals surface area contributed by atoms with E-state index in [-0.39, 0.29) is 5.84 Å². The molecule has 1 aliphatic rings. The first-order chi connectivity index (χ1) is 8.16. The van der Waals surface area contributed by atoms with Gasteiger partial charge in [0.05, 0.1) is 0 Å². The number of nitrogens with one attached hydrogen (secondary N) is 1. The topological polar surface area (TPSA) is 66.0 Å². The Hall–Kier alpha value is -1.42. The predicted octanol–water partition coefficient (Wildman–Crippen LogP) is 1.74. The van der Waals surface area contributed by atoms with Crippen LogP contribution in [0.4, 0.5) is 0 Å². The predicted molar refractivity (Wildman–Crippen MR) is 69.0 cm³/mol. The number of pyridine rings is 1. The Morgan fingerprint density at radius 3 is 3.12 bits per heavy atom. The van der Waals surface area contributed by atoms with Crippen molar-refractivity contribution in [2.45, 2.75) is 38.8 Å². The summed E-state index contributed by atoms with van der Waals surface area (Å²) in [6.07, 6.45) is 5.65. The summed E-state index contributed by atoms with van der Waals surface area (Å²) in [7, 11) is 0. The van der Waals surface area contributed by atoms with Crippen LogP contribution in [0.5, 0.6) is 0 Å². The fourth-order valence-corrected chi connectivity index (χ4v) is 2.35. The summed E-state index contributed by atoms with van der Waals surface area (Å²) in [5, 5.41) is 7.39. The van der Waals surface area contributed by atoms with Crippen LogP contribution in [0.1, 0.15) is 37.4 Å². The smallest absolute Gasteiger partial charge is 0.141 e. The lowest BCUT2D eigenvalue weighted by molar-refractivity contribution is 0.152. The summed E-state index contributed by atoms with van der Waals surface area (Å²) in [4.78, 5) is 6.57. The van der Waals surface area contributed by atoms with E-state index >= 15 is 0 Å². The van der Waals surface area contributed by atoms with Crippen molar-refractivity contribution in [3.63, 3.8) is 0 Å². The summed E-state index contributed by atoms with van der Waals surface area (Å²) < 4.78 is 0. The largest absolute Gasteiger partial charge is 0.382 e. The molecule has 1 fully saturated rings. The minimum Gasteiger partial charge on any atom is -0.382 e. The number of rotatable bonds is 3. The Morgan fingerprint density at radius 2 is 2.41 bits per heavy atom. The first kappa shape index (κ1) is 12.0. The molecule has 92 valence electrons. The van der Waals surface area contributed by atoms with E-state index in [0.717, 1.165) is 6.54 Å². The number of likely N-dealkylation sites (tertiary alicyclic amines) is 1. The molecule has 4 heteroatoms. The molecule has 3 N–H and O–H groups in total. The third-order valence-corrected chi connectivity index (χ3v) is 3.43. The first-order valence-corrected chi connectivity index (χ1v) is 6.20. The standard InChI is InChI=1S/C13H20N4/c1-10-4-2-3-7-17(10)9-11-5-6-16-12(8-11)13(14)15/h5-6,8,10H,2-4,7,9H2,1H3,(H3,14,15). The van der Waals surface area contributed by atoms with Crippen LogP contribution in [0.15, 0.2) is 18.3 Å². The number of amidine groups is 1. The summed E-state index contributed by atoms with van der Waals surface area (Å²) >= 11 is 0. The Kier molecular flexibility index (Phi) is 3.74. The van der Waals surface area contributed by atoms with Crippen molar-refractivity contribution in [1.29, 1.82) is 5.41 Å². The monoisotopic (exact) mass is 232 g/mol. The van der Waals surface area contributed by atoms with Crippen LogP contribution in [0.3, 0.4) is 0 Å². The van der Waals surface area contributed by atoms with Crippen molar-refractivity contribution >= 4 is 5.84 Å². The average Bonchev–Trinajstić information content (AvgIpc) is 2.32. The maximum absolute atomic E-state index is 7.39. The van der Waals surface area contributed by atoms with Crippen LogP contribution in [-0.4, -0.2) is 28.3 Å². The van der Waals surface area contributed by atoms with Crippen LogP contribution >= 0.6 is 0 Å². The van der Waals surface area contributed by atoms with Crippen molar-refractivity contribution in [2.24, 2.45) is 5.73 Å². The molecule has 0 aromatic carbocycles. The molecule has 0 saturated carbocycles. The second-order valence-corrected chi connectivity index (χ2v) is 4.78. The van der Waals surface area contributed by atoms with Crippen LogP contribution in [0, 0.1) is 5.41 Å². The molecule has 2 heterocycles. The van der Waals surface area contributed by atoms with E-state index in [0.29, 0.717) is 11.7 Å². The molecule has 1 atom stereocenters. The SMILES string of the molecule is CC1CCCCN1Cc1ccnc(C(=N)N)c1. The highest BCUT2D eigenvalue weighted by atomic mass is 15.2. The van der Waals surface area contributed by atoms with Gasteiger partial charge in [0.15, 0.2) is 0 Å². The summed E-state index contributed by atoms with van der Waals surface area (Å²) in [5.41, 5.74) is 7.22. The van der Waals surface area contributed by atoms with E-state index in [1.165, 1.54) is 31.4 Å². The van der Waals surface area contributed by atoms with Gasteiger partial charge in [-0.25, -0.2) is 0 Å². The van der Waals surface area contributed by atoms with Crippen LogP contribution in [0.25, 0.3) is 0 Å². The second-order valence-electron chi connectivity index (χ2n) is 4.78. The lowest BCUT2D eigenvalue weighted by Gasteiger charge is -2.33. The summed E-state index contributed by atoms with van der Waals surface area (Å²) in [6.45, 7) is 4.38. The van der Waals surface area contributed by atoms with E-state index in [1.54, 1.807) is 6.20 Å². The Balaban J connectivity index is 2.07. The molecular formula is C13H20N4. The number of piperidine rings is 1. The third-order valence-electron chi connectivity index (χ3n) is 3.43.